The predicted molar refractivity (Wildman–Crippen MR) is 70.5 cm³/mol. The van der Waals surface area contributed by atoms with Crippen molar-refractivity contribution in [3.05, 3.63) is 10.6 Å². The van der Waals surface area contributed by atoms with Crippen LogP contribution in [0.25, 0.3) is 0 Å². The first-order valence-corrected chi connectivity index (χ1v) is 6.92. The number of aliphatic hydroxyl groups excluding tert-OH is 1. The normalized spacial score (nSPS) is 18.1. The van der Waals surface area contributed by atoms with Crippen LogP contribution in [-0.4, -0.2) is 45.1 Å². The largest absolute Gasteiger partial charge is 0.394 e. The van der Waals surface area contributed by atoms with Crippen LogP contribution in [0.2, 0.25) is 0 Å². The van der Waals surface area contributed by atoms with E-state index in [0.717, 1.165) is 11.5 Å². The fraction of sp³-hybridized carbons (Fsp3) is 0.583. The van der Waals surface area contributed by atoms with Gasteiger partial charge in [0.2, 0.25) is 0 Å². The molecule has 102 valence electrons. The summed E-state index contributed by atoms with van der Waals surface area (Å²) in [7, 11) is 0. The molecule has 1 saturated carbocycles. The summed E-state index contributed by atoms with van der Waals surface area (Å²) in [6.07, 6.45) is 1.42. The molecular weight excluding hydrogens is 266 g/mol. The fourth-order valence-corrected chi connectivity index (χ4v) is 2.83. The summed E-state index contributed by atoms with van der Waals surface area (Å²) in [6, 6.07) is 0. The number of carbonyl (C=O) groups is 2. The van der Waals surface area contributed by atoms with Crippen LogP contribution in [0.1, 0.15) is 29.8 Å². The second-order valence-electron chi connectivity index (χ2n) is 4.40. The minimum absolute atomic E-state index is 0.0965. The molecule has 1 aliphatic rings. The molecule has 0 bridgehead atoms. The summed E-state index contributed by atoms with van der Waals surface area (Å²) in [5.41, 5.74) is 1.09. The summed E-state index contributed by atoms with van der Waals surface area (Å²) in [6.45, 7) is 1.82. The molecule has 0 aromatic carbocycles. The average molecular weight is 281 g/mol. The lowest BCUT2D eigenvalue weighted by Gasteiger charge is -2.20. The number of rotatable bonds is 4. The van der Waals surface area contributed by atoms with Crippen LogP contribution >= 0.6 is 11.5 Å². The summed E-state index contributed by atoms with van der Waals surface area (Å²) >= 11 is 1.13. The van der Waals surface area contributed by atoms with E-state index in [4.69, 9.17) is 5.11 Å². The van der Waals surface area contributed by atoms with Gasteiger partial charge in [-0.2, -0.15) is 0 Å². The molecule has 0 radical (unpaired) electrons. The molecule has 2 rings (SSSR count). The van der Waals surface area contributed by atoms with E-state index in [2.05, 4.69) is 14.6 Å². The highest BCUT2D eigenvalue weighted by Crippen LogP contribution is 2.25. The van der Waals surface area contributed by atoms with E-state index in [-0.39, 0.29) is 24.7 Å². The number of aryl methyl sites for hydroxylation is 1. The molecule has 0 aliphatic heterocycles. The van der Waals surface area contributed by atoms with E-state index in [1.54, 1.807) is 6.92 Å². The first kappa shape index (κ1) is 14.0. The van der Waals surface area contributed by atoms with Crippen molar-refractivity contribution in [2.45, 2.75) is 26.2 Å². The lowest BCUT2D eigenvalue weighted by molar-refractivity contribution is -0.132. The van der Waals surface area contributed by atoms with Crippen molar-refractivity contribution in [1.82, 2.24) is 9.59 Å². The number of ketones is 2. The molecule has 0 spiro atoms. The molecule has 0 saturated heterocycles. The molecule has 7 heteroatoms. The molecule has 6 nitrogen and oxygen atoms in total. The van der Waals surface area contributed by atoms with Crippen molar-refractivity contribution in [2.75, 3.05) is 13.2 Å². The Morgan fingerprint density at radius 1 is 1.42 bits per heavy atom. The van der Waals surface area contributed by atoms with E-state index >= 15 is 0 Å². The van der Waals surface area contributed by atoms with Gasteiger partial charge in [0.05, 0.1) is 29.4 Å². The second kappa shape index (κ2) is 6.12. The molecule has 1 aliphatic carbocycles. The third kappa shape index (κ3) is 2.93. The summed E-state index contributed by atoms with van der Waals surface area (Å²) < 4.78 is 3.82. The van der Waals surface area contributed by atoms with Gasteiger partial charge < -0.3 is 5.11 Å². The van der Waals surface area contributed by atoms with E-state index in [1.165, 1.54) is 0 Å². The van der Waals surface area contributed by atoms with Crippen LogP contribution in [-0.2, 0) is 9.59 Å². The number of aliphatic hydroxyl groups is 1. The van der Waals surface area contributed by atoms with Crippen molar-refractivity contribution in [3.63, 3.8) is 0 Å². The van der Waals surface area contributed by atoms with Gasteiger partial charge in [0, 0.05) is 12.8 Å². The number of hydrogen-bond donors (Lipinski definition) is 1. The summed E-state index contributed by atoms with van der Waals surface area (Å²) in [5.74, 6) is -0.997. The lowest BCUT2D eigenvalue weighted by atomic mass is 9.82. The van der Waals surface area contributed by atoms with Gasteiger partial charge in [-0.25, -0.2) is 0 Å². The third-order valence-corrected chi connectivity index (χ3v) is 3.88. The lowest BCUT2D eigenvalue weighted by Crippen LogP contribution is -2.36. The number of Topliss-reactive ketones (excluding diaryl/α,β-unsaturated/α-hetero) is 2. The fourth-order valence-electron chi connectivity index (χ4n) is 2.14. The maximum absolute atomic E-state index is 12.0. The molecular formula is C12H15N3O3S. The highest BCUT2D eigenvalue weighted by atomic mass is 32.1. The number of carbonyl (C=O) groups excluding carboxylic acids is 2. The standard InChI is InChI=1S/C12H15N3O3S/c1-7-12(19-15-14-7)11(13-5-6-16)10-8(17)3-2-4-9(10)18/h10,16H,2-6H2,1H3. The van der Waals surface area contributed by atoms with Crippen LogP contribution in [0, 0.1) is 12.8 Å². The molecule has 0 atom stereocenters. The second-order valence-corrected chi connectivity index (χ2v) is 5.15. The van der Waals surface area contributed by atoms with Crippen LogP contribution in [0.15, 0.2) is 4.99 Å². The molecule has 1 aromatic heterocycles. The highest BCUT2D eigenvalue weighted by molar-refractivity contribution is 7.08. The zero-order chi connectivity index (χ0) is 13.8. The Morgan fingerprint density at radius 3 is 2.63 bits per heavy atom. The highest BCUT2D eigenvalue weighted by Gasteiger charge is 2.36. The Balaban J connectivity index is 2.40. The average Bonchev–Trinajstić information content (AvgIpc) is 2.79. The van der Waals surface area contributed by atoms with Gasteiger partial charge >= 0.3 is 0 Å². The molecule has 1 heterocycles. The van der Waals surface area contributed by atoms with Crippen LogP contribution in [0.4, 0.5) is 0 Å². The maximum Gasteiger partial charge on any atom is 0.149 e. The van der Waals surface area contributed by atoms with E-state index < -0.39 is 5.92 Å². The van der Waals surface area contributed by atoms with Crippen molar-refractivity contribution in [2.24, 2.45) is 10.9 Å². The molecule has 1 N–H and O–H groups in total. The van der Waals surface area contributed by atoms with E-state index in [1.807, 2.05) is 0 Å². The number of aliphatic imine (C=N–C) groups is 1. The van der Waals surface area contributed by atoms with Gasteiger partial charge in [-0.05, 0) is 24.9 Å². The zero-order valence-corrected chi connectivity index (χ0v) is 11.4. The Morgan fingerprint density at radius 2 is 2.11 bits per heavy atom. The van der Waals surface area contributed by atoms with Crippen molar-refractivity contribution >= 4 is 28.8 Å². The van der Waals surface area contributed by atoms with Gasteiger partial charge in [0.25, 0.3) is 0 Å². The van der Waals surface area contributed by atoms with Gasteiger partial charge in [0.15, 0.2) is 0 Å². The van der Waals surface area contributed by atoms with Crippen molar-refractivity contribution in [1.29, 1.82) is 0 Å². The summed E-state index contributed by atoms with van der Waals surface area (Å²) in [4.78, 5) is 28.9. The third-order valence-electron chi connectivity index (χ3n) is 3.03. The van der Waals surface area contributed by atoms with Crippen LogP contribution in [0.3, 0.4) is 0 Å². The quantitative estimate of drug-likeness (QED) is 0.643. The van der Waals surface area contributed by atoms with Gasteiger partial charge in [0.1, 0.15) is 17.5 Å². The Hall–Kier alpha value is -1.47. The van der Waals surface area contributed by atoms with Crippen LogP contribution in [0.5, 0.6) is 0 Å². The minimum Gasteiger partial charge on any atom is -0.394 e. The molecule has 0 amide bonds. The number of aromatic nitrogens is 2. The van der Waals surface area contributed by atoms with Crippen molar-refractivity contribution in [3.8, 4) is 0 Å². The molecule has 1 aromatic rings. The predicted octanol–water partition coefficient (Wildman–Crippen LogP) is 0.566. The zero-order valence-electron chi connectivity index (χ0n) is 10.6. The Labute approximate surface area is 114 Å². The van der Waals surface area contributed by atoms with E-state index in [0.29, 0.717) is 35.5 Å². The molecule has 1 fully saturated rings. The topological polar surface area (TPSA) is 92.5 Å². The van der Waals surface area contributed by atoms with Gasteiger partial charge in [-0.1, -0.05) is 4.49 Å². The van der Waals surface area contributed by atoms with E-state index in [9.17, 15) is 9.59 Å². The van der Waals surface area contributed by atoms with Gasteiger partial charge in [-0.3, -0.25) is 14.6 Å². The number of nitrogens with zero attached hydrogens (tertiary/aromatic N) is 3. The molecule has 19 heavy (non-hydrogen) atoms. The Bertz CT molecular complexity index is 508. The summed E-state index contributed by atoms with van der Waals surface area (Å²) in [5, 5.41) is 12.8. The monoisotopic (exact) mass is 281 g/mol. The first-order chi connectivity index (χ1) is 9.15. The maximum atomic E-state index is 12.0. The van der Waals surface area contributed by atoms with Crippen LogP contribution < -0.4 is 0 Å². The smallest absolute Gasteiger partial charge is 0.149 e. The van der Waals surface area contributed by atoms with Crippen molar-refractivity contribution < 1.29 is 14.7 Å². The van der Waals surface area contributed by atoms with Gasteiger partial charge in [-0.15, -0.1) is 5.10 Å². The minimum atomic E-state index is -0.804. The first-order valence-electron chi connectivity index (χ1n) is 6.15. The SMILES string of the molecule is Cc1nnsc1C(=NCCO)C1C(=O)CCCC1=O. The Kier molecular flexibility index (Phi) is 4.49. The number of hydrogen-bond acceptors (Lipinski definition) is 7. The molecule has 0 unspecified atom stereocenters.